The van der Waals surface area contributed by atoms with E-state index in [0.29, 0.717) is 24.5 Å². The number of thiophene rings is 1. The highest BCUT2D eigenvalue weighted by Gasteiger charge is 2.08. The molecular weight excluding hydrogens is 298 g/mol. The van der Waals surface area contributed by atoms with Crippen molar-refractivity contribution in [2.45, 2.75) is 19.4 Å². The summed E-state index contributed by atoms with van der Waals surface area (Å²) in [5.74, 6) is 0.555. The normalized spacial score (nSPS) is 10.7. The predicted molar refractivity (Wildman–Crippen MR) is 86.4 cm³/mol. The number of aromatic nitrogens is 2. The molecular formula is C16H15N3O2S. The van der Waals surface area contributed by atoms with Crippen molar-refractivity contribution >= 4 is 34.0 Å². The lowest BCUT2D eigenvalue weighted by atomic mass is 10.2. The minimum absolute atomic E-state index is 0.0400. The Balaban J connectivity index is 1.60. The van der Waals surface area contributed by atoms with E-state index in [0.717, 1.165) is 10.9 Å². The second kappa shape index (κ2) is 6.53. The number of nitrogens with zero attached hydrogens (tertiary/aromatic N) is 2. The number of anilines is 1. The molecule has 1 aromatic carbocycles. The zero-order chi connectivity index (χ0) is 15.4. The smallest absolute Gasteiger partial charge is 0.306 e. The molecule has 0 atom stereocenters. The number of nitrogens with two attached hydrogens (primary N) is 1. The van der Waals surface area contributed by atoms with Gasteiger partial charge in [0.15, 0.2) is 12.4 Å². The first-order chi connectivity index (χ1) is 10.7. The Bertz CT molecular complexity index is 787. The Kier molecular flexibility index (Phi) is 4.29. The van der Waals surface area contributed by atoms with Gasteiger partial charge in [-0.2, -0.15) is 0 Å². The summed E-state index contributed by atoms with van der Waals surface area (Å²) in [6.45, 7) is 0.0400. The van der Waals surface area contributed by atoms with Gasteiger partial charge in [0.05, 0.1) is 11.9 Å². The molecule has 0 bridgehead atoms. The van der Waals surface area contributed by atoms with Crippen molar-refractivity contribution in [2.24, 2.45) is 0 Å². The van der Waals surface area contributed by atoms with Crippen molar-refractivity contribution in [1.29, 1.82) is 0 Å². The van der Waals surface area contributed by atoms with Crippen LogP contribution in [0.1, 0.15) is 17.1 Å². The van der Waals surface area contributed by atoms with Crippen LogP contribution in [0.4, 0.5) is 5.82 Å². The van der Waals surface area contributed by atoms with Crippen LogP contribution >= 0.6 is 11.3 Å². The van der Waals surface area contributed by atoms with Gasteiger partial charge < -0.3 is 10.5 Å². The van der Waals surface area contributed by atoms with E-state index in [1.165, 1.54) is 4.88 Å². The fourth-order valence-electron chi connectivity index (χ4n) is 2.11. The molecule has 0 aliphatic carbocycles. The SMILES string of the molecule is Nc1nc(COC(=O)CCc2cccs2)nc2ccccc12. The third-order valence-electron chi connectivity index (χ3n) is 3.20. The van der Waals surface area contributed by atoms with E-state index in [-0.39, 0.29) is 12.6 Å². The number of hydrogen-bond donors (Lipinski definition) is 1. The molecule has 112 valence electrons. The van der Waals surface area contributed by atoms with E-state index < -0.39 is 0 Å². The zero-order valence-corrected chi connectivity index (χ0v) is 12.7. The van der Waals surface area contributed by atoms with Crippen LogP contribution in [0.3, 0.4) is 0 Å². The molecule has 0 aliphatic rings. The van der Waals surface area contributed by atoms with Crippen molar-refractivity contribution in [3.05, 3.63) is 52.5 Å². The van der Waals surface area contributed by atoms with Gasteiger partial charge in [0.2, 0.25) is 0 Å². The summed E-state index contributed by atoms with van der Waals surface area (Å²) in [6.07, 6.45) is 1.04. The second-order valence-electron chi connectivity index (χ2n) is 4.78. The molecule has 0 fully saturated rings. The van der Waals surface area contributed by atoms with Crippen molar-refractivity contribution in [3.8, 4) is 0 Å². The molecule has 0 spiro atoms. The van der Waals surface area contributed by atoms with Crippen molar-refractivity contribution in [2.75, 3.05) is 5.73 Å². The molecule has 3 aromatic rings. The predicted octanol–water partition coefficient (Wildman–Crippen LogP) is 2.95. The van der Waals surface area contributed by atoms with E-state index in [1.807, 2.05) is 41.8 Å². The molecule has 22 heavy (non-hydrogen) atoms. The summed E-state index contributed by atoms with van der Waals surface area (Å²) in [5.41, 5.74) is 6.65. The fraction of sp³-hybridized carbons (Fsp3) is 0.188. The molecule has 2 aromatic heterocycles. The fourth-order valence-corrected chi connectivity index (χ4v) is 2.82. The van der Waals surface area contributed by atoms with Crippen LogP contribution in [-0.4, -0.2) is 15.9 Å². The molecule has 0 saturated carbocycles. The topological polar surface area (TPSA) is 78.1 Å². The van der Waals surface area contributed by atoms with Gasteiger partial charge in [-0.25, -0.2) is 9.97 Å². The first-order valence-corrected chi connectivity index (χ1v) is 7.79. The molecule has 0 unspecified atom stereocenters. The molecule has 5 nitrogen and oxygen atoms in total. The van der Waals surface area contributed by atoms with E-state index in [2.05, 4.69) is 9.97 Å². The highest BCUT2D eigenvalue weighted by atomic mass is 32.1. The summed E-state index contributed by atoms with van der Waals surface area (Å²) in [6, 6.07) is 11.5. The molecule has 6 heteroatoms. The molecule has 2 N–H and O–H groups in total. The van der Waals surface area contributed by atoms with Gasteiger partial charge in [-0.3, -0.25) is 4.79 Å². The number of nitrogen functional groups attached to an aromatic ring is 1. The van der Waals surface area contributed by atoms with Gasteiger partial charge in [0, 0.05) is 10.3 Å². The standard InChI is InChI=1S/C16H15N3O2S/c17-16-12-5-1-2-6-13(12)18-14(19-16)10-21-15(20)8-7-11-4-3-9-22-11/h1-6,9H,7-8,10H2,(H2,17,18,19). The number of benzene rings is 1. The molecule has 0 saturated heterocycles. The van der Waals surface area contributed by atoms with Crippen LogP contribution in [0.5, 0.6) is 0 Å². The summed E-state index contributed by atoms with van der Waals surface area (Å²) in [7, 11) is 0. The maximum Gasteiger partial charge on any atom is 0.306 e. The van der Waals surface area contributed by atoms with Gasteiger partial charge in [-0.15, -0.1) is 11.3 Å². The summed E-state index contributed by atoms with van der Waals surface area (Å²) < 4.78 is 5.22. The Labute approximate surface area is 131 Å². The van der Waals surface area contributed by atoms with Crippen LogP contribution in [0.25, 0.3) is 10.9 Å². The highest BCUT2D eigenvalue weighted by molar-refractivity contribution is 7.09. The number of rotatable bonds is 5. The van der Waals surface area contributed by atoms with Crippen molar-refractivity contribution < 1.29 is 9.53 Å². The minimum atomic E-state index is -0.260. The maximum atomic E-state index is 11.8. The third-order valence-corrected chi connectivity index (χ3v) is 4.13. The quantitative estimate of drug-likeness (QED) is 0.733. The van der Waals surface area contributed by atoms with Crippen LogP contribution < -0.4 is 5.73 Å². The molecule has 0 amide bonds. The van der Waals surface area contributed by atoms with Crippen LogP contribution in [0.2, 0.25) is 0 Å². The first-order valence-electron chi connectivity index (χ1n) is 6.91. The van der Waals surface area contributed by atoms with Crippen molar-refractivity contribution in [3.63, 3.8) is 0 Å². The van der Waals surface area contributed by atoms with Gasteiger partial charge in [0.25, 0.3) is 0 Å². The Hall–Kier alpha value is -2.47. The van der Waals surface area contributed by atoms with E-state index in [9.17, 15) is 4.79 Å². The van der Waals surface area contributed by atoms with Crippen LogP contribution in [0.15, 0.2) is 41.8 Å². The molecule has 0 radical (unpaired) electrons. The van der Waals surface area contributed by atoms with Gasteiger partial charge >= 0.3 is 5.97 Å². The molecule has 3 rings (SSSR count). The number of carbonyl (C=O) groups is 1. The van der Waals surface area contributed by atoms with Gasteiger partial charge in [-0.1, -0.05) is 18.2 Å². The number of fused-ring (bicyclic) bond motifs is 1. The number of esters is 1. The number of carbonyl (C=O) groups excluding carboxylic acids is 1. The second-order valence-corrected chi connectivity index (χ2v) is 5.81. The lowest BCUT2D eigenvalue weighted by Crippen LogP contribution is -2.09. The lowest BCUT2D eigenvalue weighted by Gasteiger charge is -2.06. The number of hydrogen-bond acceptors (Lipinski definition) is 6. The zero-order valence-electron chi connectivity index (χ0n) is 11.9. The summed E-state index contributed by atoms with van der Waals surface area (Å²) in [5, 5.41) is 2.79. The summed E-state index contributed by atoms with van der Waals surface area (Å²) in [4.78, 5) is 21.5. The van der Waals surface area contributed by atoms with Gasteiger partial charge in [-0.05, 0) is 30.0 Å². The average molecular weight is 313 g/mol. The van der Waals surface area contributed by atoms with Crippen LogP contribution in [0, 0.1) is 0 Å². The number of ether oxygens (including phenoxy) is 1. The van der Waals surface area contributed by atoms with Gasteiger partial charge in [0.1, 0.15) is 5.82 Å². The minimum Gasteiger partial charge on any atom is -0.457 e. The monoisotopic (exact) mass is 313 g/mol. The molecule has 2 heterocycles. The third kappa shape index (κ3) is 3.40. The van der Waals surface area contributed by atoms with Crippen LogP contribution in [-0.2, 0) is 22.6 Å². The van der Waals surface area contributed by atoms with Crippen molar-refractivity contribution in [1.82, 2.24) is 9.97 Å². The highest BCUT2D eigenvalue weighted by Crippen LogP contribution is 2.17. The number of aryl methyl sites for hydroxylation is 1. The largest absolute Gasteiger partial charge is 0.457 e. The van der Waals surface area contributed by atoms with E-state index in [1.54, 1.807) is 11.3 Å². The summed E-state index contributed by atoms with van der Waals surface area (Å²) >= 11 is 1.63. The lowest BCUT2D eigenvalue weighted by molar-refractivity contribution is -0.145. The van der Waals surface area contributed by atoms with E-state index in [4.69, 9.17) is 10.5 Å². The average Bonchev–Trinajstić information content (AvgIpc) is 3.04. The Morgan fingerprint density at radius 3 is 2.86 bits per heavy atom. The first kappa shape index (κ1) is 14.5. The Morgan fingerprint density at radius 1 is 1.18 bits per heavy atom. The molecule has 0 aliphatic heterocycles. The number of para-hydroxylation sites is 1. The Morgan fingerprint density at radius 2 is 2.05 bits per heavy atom. The maximum absolute atomic E-state index is 11.8. The van der Waals surface area contributed by atoms with E-state index >= 15 is 0 Å².